The van der Waals surface area contributed by atoms with Gasteiger partial charge < -0.3 is 10.4 Å². The van der Waals surface area contributed by atoms with Crippen LogP contribution in [0.4, 0.5) is 0 Å². The predicted molar refractivity (Wildman–Crippen MR) is 68.7 cm³/mol. The minimum Gasteiger partial charge on any atom is -0.508 e. The van der Waals surface area contributed by atoms with Gasteiger partial charge in [-0.1, -0.05) is 39.8 Å². The summed E-state index contributed by atoms with van der Waals surface area (Å²) in [4.78, 5) is 0. The Labute approximate surface area is 98.7 Å². The highest BCUT2D eigenvalue weighted by atomic mass is 16.3. The van der Waals surface area contributed by atoms with Crippen LogP contribution in [0.2, 0.25) is 0 Å². The fraction of sp³-hybridized carbons (Fsp3) is 0.571. The van der Waals surface area contributed by atoms with Gasteiger partial charge in [-0.2, -0.15) is 0 Å². The normalized spacial score (nSPS) is 12.1. The maximum absolute atomic E-state index is 9.41. The van der Waals surface area contributed by atoms with E-state index in [2.05, 4.69) is 39.1 Å². The molecule has 0 aliphatic heterocycles. The minimum atomic E-state index is 0.206. The van der Waals surface area contributed by atoms with Crippen molar-refractivity contribution in [2.24, 2.45) is 5.41 Å². The third-order valence-electron chi connectivity index (χ3n) is 2.58. The molecule has 1 aromatic carbocycles. The van der Waals surface area contributed by atoms with Crippen LogP contribution in [0.15, 0.2) is 24.3 Å². The zero-order valence-corrected chi connectivity index (χ0v) is 10.7. The molecule has 1 rings (SSSR count). The summed E-state index contributed by atoms with van der Waals surface area (Å²) in [6.45, 7) is 9.79. The number of aromatic hydroxyl groups is 1. The zero-order valence-electron chi connectivity index (χ0n) is 10.7. The molecule has 2 nitrogen and oxygen atoms in total. The van der Waals surface area contributed by atoms with Gasteiger partial charge in [0.05, 0.1) is 0 Å². The fourth-order valence-corrected chi connectivity index (χ4v) is 1.76. The number of hydrogen-bond acceptors (Lipinski definition) is 2. The lowest BCUT2D eigenvalue weighted by molar-refractivity contribution is 0.325. The van der Waals surface area contributed by atoms with E-state index in [4.69, 9.17) is 0 Å². The molecule has 0 bridgehead atoms. The van der Waals surface area contributed by atoms with E-state index in [1.807, 2.05) is 12.1 Å². The highest BCUT2D eigenvalue weighted by molar-refractivity contribution is 5.27. The molecule has 0 heterocycles. The quantitative estimate of drug-likeness (QED) is 0.801. The van der Waals surface area contributed by atoms with E-state index in [9.17, 15) is 5.11 Å². The second kappa shape index (κ2) is 5.35. The van der Waals surface area contributed by atoms with Crippen molar-refractivity contribution in [1.82, 2.24) is 5.32 Å². The van der Waals surface area contributed by atoms with E-state index < -0.39 is 0 Å². The van der Waals surface area contributed by atoms with Crippen LogP contribution in [0.5, 0.6) is 5.75 Å². The zero-order chi connectivity index (χ0) is 12.2. The molecule has 0 unspecified atom stereocenters. The molecular formula is C14H23NO. The number of phenols is 1. The molecule has 0 atom stereocenters. The maximum atomic E-state index is 9.41. The first kappa shape index (κ1) is 13.0. The molecule has 0 radical (unpaired) electrons. The molecule has 90 valence electrons. The van der Waals surface area contributed by atoms with E-state index >= 15 is 0 Å². The van der Waals surface area contributed by atoms with Gasteiger partial charge in [-0.3, -0.25) is 0 Å². The lowest BCUT2D eigenvalue weighted by atomic mass is 9.85. The molecule has 2 heteroatoms. The van der Waals surface area contributed by atoms with Crippen molar-refractivity contribution >= 4 is 0 Å². The second-order valence-corrected chi connectivity index (χ2v) is 5.55. The Morgan fingerprint density at radius 1 is 1.31 bits per heavy atom. The highest BCUT2D eigenvalue weighted by Crippen LogP contribution is 2.23. The van der Waals surface area contributed by atoms with Crippen molar-refractivity contribution in [1.29, 1.82) is 0 Å². The van der Waals surface area contributed by atoms with E-state index in [1.165, 1.54) is 5.56 Å². The third-order valence-corrected chi connectivity index (χ3v) is 2.58. The summed E-state index contributed by atoms with van der Waals surface area (Å²) in [6.07, 6.45) is 0.973. The summed E-state index contributed by atoms with van der Waals surface area (Å²) in [5, 5.41) is 12.9. The topological polar surface area (TPSA) is 32.3 Å². The summed E-state index contributed by atoms with van der Waals surface area (Å²) in [5.41, 5.74) is 1.40. The van der Waals surface area contributed by atoms with Gasteiger partial charge in [0.1, 0.15) is 5.75 Å². The molecule has 0 amide bonds. The minimum absolute atomic E-state index is 0.206. The maximum Gasteiger partial charge on any atom is 0.115 e. The molecular weight excluding hydrogens is 198 g/mol. The van der Waals surface area contributed by atoms with Gasteiger partial charge in [0.25, 0.3) is 0 Å². The average molecular weight is 221 g/mol. The molecule has 16 heavy (non-hydrogen) atoms. The number of benzene rings is 1. The molecule has 0 spiro atoms. The van der Waals surface area contributed by atoms with Crippen molar-refractivity contribution in [2.75, 3.05) is 6.54 Å². The van der Waals surface area contributed by atoms with Crippen molar-refractivity contribution in [2.45, 2.75) is 40.2 Å². The van der Waals surface area contributed by atoms with Gasteiger partial charge in [-0.05, 0) is 29.5 Å². The highest BCUT2D eigenvalue weighted by Gasteiger charge is 2.18. The van der Waals surface area contributed by atoms with Crippen LogP contribution in [0.1, 0.15) is 33.3 Å². The van der Waals surface area contributed by atoms with E-state index in [0.717, 1.165) is 13.0 Å². The molecule has 0 fully saturated rings. The number of rotatable bonds is 5. The Kier molecular flexibility index (Phi) is 4.36. The van der Waals surface area contributed by atoms with Crippen LogP contribution in [0, 0.1) is 5.41 Å². The van der Waals surface area contributed by atoms with Crippen LogP contribution in [-0.4, -0.2) is 17.7 Å². The first-order valence-electron chi connectivity index (χ1n) is 5.90. The van der Waals surface area contributed by atoms with Gasteiger partial charge in [0.2, 0.25) is 0 Å². The van der Waals surface area contributed by atoms with Gasteiger partial charge >= 0.3 is 0 Å². The van der Waals surface area contributed by atoms with E-state index in [0.29, 0.717) is 11.8 Å². The molecule has 0 aromatic heterocycles. The van der Waals surface area contributed by atoms with Crippen LogP contribution in [0.3, 0.4) is 0 Å². The molecule has 0 aliphatic carbocycles. The Hall–Kier alpha value is -1.02. The van der Waals surface area contributed by atoms with Crippen LogP contribution < -0.4 is 5.32 Å². The van der Waals surface area contributed by atoms with Crippen LogP contribution >= 0.6 is 0 Å². The monoisotopic (exact) mass is 221 g/mol. The first-order chi connectivity index (χ1) is 7.39. The molecule has 0 saturated heterocycles. The summed E-state index contributed by atoms with van der Waals surface area (Å²) in [5.74, 6) is 0.352. The van der Waals surface area contributed by atoms with E-state index in [-0.39, 0.29) is 5.41 Å². The van der Waals surface area contributed by atoms with Gasteiger partial charge in [-0.25, -0.2) is 0 Å². The Morgan fingerprint density at radius 2 is 2.00 bits per heavy atom. The molecule has 2 N–H and O–H groups in total. The van der Waals surface area contributed by atoms with Gasteiger partial charge in [0.15, 0.2) is 0 Å². The van der Waals surface area contributed by atoms with Crippen molar-refractivity contribution < 1.29 is 5.11 Å². The van der Waals surface area contributed by atoms with Gasteiger partial charge in [0, 0.05) is 12.6 Å². The smallest absolute Gasteiger partial charge is 0.115 e. The average Bonchev–Trinajstić information content (AvgIpc) is 2.14. The summed E-state index contributed by atoms with van der Waals surface area (Å²) >= 11 is 0. The number of hydrogen-bond donors (Lipinski definition) is 2. The third kappa shape index (κ3) is 4.67. The lowest BCUT2D eigenvalue weighted by Crippen LogP contribution is -2.35. The predicted octanol–water partition coefficient (Wildman–Crippen LogP) is 2.96. The molecule has 1 aromatic rings. The summed E-state index contributed by atoms with van der Waals surface area (Å²) in [7, 11) is 0. The van der Waals surface area contributed by atoms with Crippen LogP contribution in [0.25, 0.3) is 0 Å². The molecule has 0 aliphatic rings. The first-order valence-corrected chi connectivity index (χ1v) is 5.90. The largest absolute Gasteiger partial charge is 0.508 e. The van der Waals surface area contributed by atoms with E-state index in [1.54, 1.807) is 6.07 Å². The lowest BCUT2D eigenvalue weighted by Gasteiger charge is -2.26. The van der Waals surface area contributed by atoms with Gasteiger partial charge in [-0.15, -0.1) is 0 Å². The number of nitrogens with one attached hydrogen (secondary N) is 1. The Morgan fingerprint density at radius 3 is 2.56 bits per heavy atom. The Balaban J connectivity index is 2.58. The van der Waals surface area contributed by atoms with Crippen molar-refractivity contribution in [3.8, 4) is 5.75 Å². The van der Waals surface area contributed by atoms with Crippen LogP contribution in [-0.2, 0) is 6.42 Å². The SMILES string of the molecule is CC(C)NCC(C)(C)Cc1cccc(O)c1. The van der Waals surface area contributed by atoms with Crippen molar-refractivity contribution in [3.63, 3.8) is 0 Å². The molecule has 0 saturated carbocycles. The summed E-state index contributed by atoms with van der Waals surface area (Å²) in [6, 6.07) is 8.04. The van der Waals surface area contributed by atoms with Crippen molar-refractivity contribution in [3.05, 3.63) is 29.8 Å². The Bertz CT molecular complexity index is 331. The second-order valence-electron chi connectivity index (χ2n) is 5.55. The summed E-state index contributed by atoms with van der Waals surface area (Å²) < 4.78 is 0. The number of phenolic OH excluding ortho intramolecular Hbond substituents is 1. The standard InChI is InChI=1S/C14H23NO/c1-11(2)15-10-14(3,4)9-12-6-5-7-13(16)8-12/h5-8,11,15-16H,9-10H2,1-4H3. The fourth-order valence-electron chi connectivity index (χ4n) is 1.76.